The second kappa shape index (κ2) is 9.21. The number of hydrogen-bond donors (Lipinski definition) is 1. The van der Waals surface area contributed by atoms with Crippen LogP contribution in [0.2, 0.25) is 0 Å². The first-order chi connectivity index (χ1) is 16.5. The maximum atomic E-state index is 14.2. The summed E-state index contributed by atoms with van der Waals surface area (Å²) in [6, 6.07) is 9.26. The number of fused-ring (bicyclic) bond motifs is 2. The van der Waals surface area contributed by atoms with Gasteiger partial charge < -0.3 is 10.1 Å². The zero-order valence-corrected chi connectivity index (χ0v) is 19.3. The van der Waals surface area contributed by atoms with E-state index in [2.05, 4.69) is 40.4 Å². The molecule has 1 aromatic carbocycles. The van der Waals surface area contributed by atoms with Crippen LogP contribution in [0.3, 0.4) is 0 Å². The number of nitrogens with one attached hydrogen (secondary N) is 1. The highest BCUT2D eigenvalue weighted by Crippen LogP contribution is 2.33. The molecule has 1 aliphatic carbocycles. The smallest absolute Gasteiger partial charge is 0.299 e. The summed E-state index contributed by atoms with van der Waals surface area (Å²) in [6.07, 6.45) is 6.87. The molecule has 174 valence electrons. The van der Waals surface area contributed by atoms with Crippen LogP contribution < -0.4 is 15.6 Å². The minimum Gasteiger partial charge on any atom is -0.463 e. The third kappa shape index (κ3) is 4.23. The molecule has 34 heavy (non-hydrogen) atoms. The molecule has 3 heterocycles. The van der Waals surface area contributed by atoms with Gasteiger partial charge in [0, 0.05) is 48.2 Å². The topological polar surface area (TPSA) is 81.9 Å². The third-order valence-electron chi connectivity index (χ3n) is 6.20. The minimum atomic E-state index is -0.541. The Labute approximate surface area is 196 Å². The molecule has 0 amide bonds. The van der Waals surface area contributed by atoms with Crippen molar-refractivity contribution < 1.29 is 9.13 Å². The number of aryl methyl sites for hydroxylation is 2. The molecule has 0 saturated heterocycles. The molecule has 5 rings (SSSR count). The summed E-state index contributed by atoms with van der Waals surface area (Å²) in [7, 11) is 1.58. The van der Waals surface area contributed by atoms with Gasteiger partial charge in [0.05, 0.1) is 17.4 Å². The zero-order chi connectivity index (χ0) is 23.7. The molecule has 0 bridgehead atoms. The van der Waals surface area contributed by atoms with Crippen LogP contribution in [0.15, 0.2) is 47.5 Å². The number of ether oxygens (including phenoxy) is 1. The van der Waals surface area contributed by atoms with Crippen LogP contribution in [0.4, 0.5) is 10.1 Å². The predicted molar refractivity (Wildman–Crippen MR) is 130 cm³/mol. The van der Waals surface area contributed by atoms with Gasteiger partial charge in [0.2, 0.25) is 0 Å². The number of aromatic nitrogens is 4. The van der Waals surface area contributed by atoms with Gasteiger partial charge in [-0.2, -0.15) is 4.98 Å². The number of halogens is 1. The Balaban J connectivity index is 1.37. The summed E-state index contributed by atoms with van der Waals surface area (Å²) < 4.78 is 21.3. The molecular formula is C26H26FN5O2. The van der Waals surface area contributed by atoms with Gasteiger partial charge in [-0.1, -0.05) is 12.1 Å². The fourth-order valence-corrected chi connectivity index (χ4v) is 4.42. The highest BCUT2D eigenvalue weighted by molar-refractivity contribution is 5.94. The van der Waals surface area contributed by atoms with E-state index in [1.165, 1.54) is 39.7 Å². The molecule has 0 saturated carbocycles. The van der Waals surface area contributed by atoms with Crippen molar-refractivity contribution in [3.8, 4) is 17.3 Å². The van der Waals surface area contributed by atoms with Gasteiger partial charge in [0.1, 0.15) is 6.61 Å². The summed E-state index contributed by atoms with van der Waals surface area (Å²) in [5.74, 6) is -0.541. The van der Waals surface area contributed by atoms with Crippen molar-refractivity contribution in [2.45, 2.75) is 32.6 Å². The lowest BCUT2D eigenvalue weighted by atomic mass is 9.92. The summed E-state index contributed by atoms with van der Waals surface area (Å²) in [5, 5.41) is 4.65. The fraction of sp³-hybridized carbons (Fsp3) is 0.308. The lowest BCUT2D eigenvalue weighted by Gasteiger charge is -2.22. The van der Waals surface area contributed by atoms with Crippen molar-refractivity contribution in [3.63, 3.8) is 0 Å². The highest BCUT2D eigenvalue weighted by atomic mass is 19.1. The van der Waals surface area contributed by atoms with Crippen molar-refractivity contribution in [3.05, 3.63) is 75.7 Å². The monoisotopic (exact) mass is 459 g/mol. The first-order valence-electron chi connectivity index (χ1n) is 11.5. The predicted octanol–water partition coefficient (Wildman–Crippen LogP) is 4.21. The molecule has 0 fully saturated rings. The maximum absolute atomic E-state index is 14.2. The Bertz CT molecular complexity index is 1430. The van der Waals surface area contributed by atoms with Gasteiger partial charge in [-0.05, 0) is 55.9 Å². The molecular weight excluding hydrogens is 433 g/mol. The van der Waals surface area contributed by atoms with E-state index in [0.717, 1.165) is 48.5 Å². The minimum absolute atomic E-state index is 0.137. The third-order valence-corrected chi connectivity index (χ3v) is 6.20. The van der Waals surface area contributed by atoms with Crippen molar-refractivity contribution >= 4 is 16.6 Å². The van der Waals surface area contributed by atoms with Gasteiger partial charge >= 0.3 is 0 Å². The van der Waals surface area contributed by atoms with Gasteiger partial charge in [0.15, 0.2) is 5.82 Å². The van der Waals surface area contributed by atoms with E-state index in [4.69, 9.17) is 9.72 Å². The van der Waals surface area contributed by atoms with Crippen LogP contribution in [0.25, 0.3) is 22.2 Å². The summed E-state index contributed by atoms with van der Waals surface area (Å²) in [4.78, 5) is 25.5. The molecule has 8 heteroatoms. The van der Waals surface area contributed by atoms with E-state index in [1.54, 1.807) is 7.05 Å². The number of rotatable bonds is 6. The largest absolute Gasteiger partial charge is 0.463 e. The fourth-order valence-electron chi connectivity index (χ4n) is 4.42. The molecule has 0 atom stereocenters. The standard InChI is InChI=1S/C26H26FN5O2/c1-16-7-8-19-22(13-16)30-21-6-4-3-5-18(21)25(19)29-11-12-34-26-31-23(14-24(33)32(26)2)17-9-10-28-15-20(17)27/h7-10,13-15H,3-6,11-12H2,1-2H3,(H,29,30). The van der Waals surface area contributed by atoms with Crippen LogP contribution in [0.1, 0.15) is 29.7 Å². The molecule has 0 radical (unpaired) electrons. The summed E-state index contributed by atoms with van der Waals surface area (Å²) >= 11 is 0. The van der Waals surface area contributed by atoms with E-state index in [0.29, 0.717) is 6.54 Å². The van der Waals surface area contributed by atoms with Crippen LogP contribution in [-0.2, 0) is 19.9 Å². The quantitative estimate of drug-likeness (QED) is 0.435. The lowest BCUT2D eigenvalue weighted by Crippen LogP contribution is -2.22. The molecule has 7 nitrogen and oxygen atoms in total. The normalized spacial score (nSPS) is 13.0. The second-order valence-electron chi connectivity index (χ2n) is 8.59. The zero-order valence-electron chi connectivity index (χ0n) is 19.3. The van der Waals surface area contributed by atoms with Crippen molar-refractivity contribution in [2.75, 3.05) is 18.5 Å². The SMILES string of the molecule is Cc1ccc2c(NCCOc3nc(-c4ccncc4F)cc(=O)n3C)c3c(nc2c1)CCCC3. The van der Waals surface area contributed by atoms with Crippen LogP contribution in [0, 0.1) is 12.7 Å². The summed E-state index contributed by atoms with van der Waals surface area (Å²) in [6.45, 7) is 2.88. The van der Waals surface area contributed by atoms with Crippen molar-refractivity contribution in [1.29, 1.82) is 0 Å². The lowest BCUT2D eigenvalue weighted by molar-refractivity contribution is 0.290. The molecule has 0 unspecified atom stereocenters. The number of pyridine rings is 2. The number of benzene rings is 1. The molecule has 1 N–H and O–H groups in total. The Morgan fingerprint density at radius 2 is 2.00 bits per heavy atom. The molecule has 4 aromatic rings. The van der Waals surface area contributed by atoms with Crippen LogP contribution >= 0.6 is 0 Å². The summed E-state index contributed by atoms with van der Waals surface area (Å²) in [5.41, 5.74) is 5.85. The number of hydrogen-bond acceptors (Lipinski definition) is 6. The van der Waals surface area contributed by atoms with E-state index < -0.39 is 5.82 Å². The average Bonchev–Trinajstić information content (AvgIpc) is 2.83. The van der Waals surface area contributed by atoms with Gasteiger partial charge in [-0.25, -0.2) is 4.39 Å². The van der Waals surface area contributed by atoms with E-state index in [1.807, 2.05) is 0 Å². The Kier molecular flexibility index (Phi) is 5.96. The molecule has 0 spiro atoms. The van der Waals surface area contributed by atoms with Crippen molar-refractivity contribution in [1.82, 2.24) is 19.5 Å². The first-order valence-corrected chi connectivity index (χ1v) is 11.5. The number of nitrogens with zero attached hydrogens (tertiary/aromatic N) is 4. The van der Waals surface area contributed by atoms with E-state index in [-0.39, 0.29) is 29.4 Å². The van der Waals surface area contributed by atoms with Gasteiger partial charge in [-0.3, -0.25) is 19.3 Å². The van der Waals surface area contributed by atoms with Crippen LogP contribution in [0.5, 0.6) is 6.01 Å². The maximum Gasteiger partial charge on any atom is 0.299 e. The van der Waals surface area contributed by atoms with Gasteiger partial charge in [-0.15, -0.1) is 0 Å². The molecule has 1 aliphatic rings. The number of anilines is 1. The van der Waals surface area contributed by atoms with Crippen LogP contribution in [-0.4, -0.2) is 32.7 Å². The Morgan fingerprint density at radius 3 is 2.85 bits per heavy atom. The highest BCUT2D eigenvalue weighted by Gasteiger charge is 2.18. The van der Waals surface area contributed by atoms with E-state index in [9.17, 15) is 9.18 Å². The second-order valence-corrected chi connectivity index (χ2v) is 8.59. The first kappa shape index (κ1) is 22.0. The molecule has 3 aromatic heterocycles. The van der Waals surface area contributed by atoms with Gasteiger partial charge in [0.25, 0.3) is 11.6 Å². The van der Waals surface area contributed by atoms with Crippen molar-refractivity contribution in [2.24, 2.45) is 7.05 Å². The Hall–Kier alpha value is -3.81. The van der Waals surface area contributed by atoms with E-state index >= 15 is 0 Å². The average molecular weight is 460 g/mol. The molecule has 0 aliphatic heterocycles. The Morgan fingerprint density at radius 1 is 1.15 bits per heavy atom.